The van der Waals surface area contributed by atoms with Gasteiger partial charge in [0.05, 0.1) is 4.90 Å². The monoisotopic (exact) mass is 332 g/mol. The predicted molar refractivity (Wildman–Crippen MR) is 93.9 cm³/mol. The highest BCUT2D eigenvalue weighted by Gasteiger charge is 2.17. The Morgan fingerprint density at radius 1 is 1.00 bits per heavy atom. The molecule has 0 bridgehead atoms. The van der Waals surface area contributed by atoms with Crippen molar-refractivity contribution in [3.05, 3.63) is 65.7 Å². The van der Waals surface area contributed by atoms with E-state index in [1.54, 1.807) is 12.1 Å². The summed E-state index contributed by atoms with van der Waals surface area (Å²) in [6.45, 7) is 2.96. The molecule has 0 spiro atoms. The number of nitrogens with zero attached hydrogens (tertiary/aromatic N) is 1. The van der Waals surface area contributed by atoms with E-state index in [0.29, 0.717) is 4.90 Å². The first kappa shape index (κ1) is 17.7. The van der Waals surface area contributed by atoms with Gasteiger partial charge in [0, 0.05) is 20.1 Å². The topological polar surface area (TPSA) is 49.4 Å². The number of rotatable bonds is 7. The molecule has 0 aliphatic heterocycles. The molecule has 0 aliphatic rings. The predicted octanol–water partition coefficient (Wildman–Crippen LogP) is 2.83. The first-order valence-electron chi connectivity index (χ1n) is 7.71. The first-order valence-corrected chi connectivity index (χ1v) is 9.15. The number of hydrogen-bond donors (Lipinski definition) is 1. The Hall–Kier alpha value is -1.69. The molecule has 1 unspecified atom stereocenters. The number of benzene rings is 2. The Kier molecular flexibility index (Phi) is 5.93. The molecule has 2 aromatic rings. The van der Waals surface area contributed by atoms with Gasteiger partial charge in [0.2, 0.25) is 10.0 Å². The van der Waals surface area contributed by atoms with Crippen LogP contribution in [0.1, 0.15) is 24.1 Å². The van der Waals surface area contributed by atoms with E-state index in [4.69, 9.17) is 0 Å². The van der Waals surface area contributed by atoms with Gasteiger partial charge in [0.25, 0.3) is 0 Å². The van der Waals surface area contributed by atoms with E-state index in [0.717, 1.165) is 18.5 Å². The van der Waals surface area contributed by atoms with Gasteiger partial charge in [0.1, 0.15) is 0 Å². The molecule has 4 nitrogen and oxygen atoms in total. The summed E-state index contributed by atoms with van der Waals surface area (Å²) >= 11 is 0. The quantitative estimate of drug-likeness (QED) is 0.848. The highest BCUT2D eigenvalue weighted by Crippen LogP contribution is 2.18. The fourth-order valence-corrected chi connectivity index (χ4v) is 3.24. The molecule has 0 saturated carbocycles. The fraction of sp³-hybridized carbons (Fsp3) is 0.333. The second kappa shape index (κ2) is 7.73. The average Bonchev–Trinajstić information content (AvgIpc) is 2.55. The fourth-order valence-electron chi connectivity index (χ4n) is 2.33. The molecule has 0 heterocycles. The van der Waals surface area contributed by atoms with Crippen molar-refractivity contribution in [1.29, 1.82) is 0 Å². The van der Waals surface area contributed by atoms with E-state index < -0.39 is 10.0 Å². The van der Waals surface area contributed by atoms with E-state index in [9.17, 15) is 8.42 Å². The molecule has 0 fully saturated rings. The Balaban J connectivity index is 1.94. The largest absolute Gasteiger partial charge is 0.310 e. The van der Waals surface area contributed by atoms with Crippen molar-refractivity contribution in [2.24, 2.45) is 0 Å². The van der Waals surface area contributed by atoms with Gasteiger partial charge in [0.15, 0.2) is 0 Å². The molecule has 2 rings (SSSR count). The summed E-state index contributed by atoms with van der Waals surface area (Å²) in [6.07, 6.45) is 0.971. The molecule has 2 aromatic carbocycles. The molecule has 23 heavy (non-hydrogen) atoms. The average molecular weight is 332 g/mol. The van der Waals surface area contributed by atoms with Crippen LogP contribution in [0.2, 0.25) is 0 Å². The van der Waals surface area contributed by atoms with Crippen molar-refractivity contribution in [2.45, 2.75) is 24.3 Å². The lowest BCUT2D eigenvalue weighted by Gasteiger charge is -2.16. The van der Waals surface area contributed by atoms with E-state index in [-0.39, 0.29) is 6.04 Å². The van der Waals surface area contributed by atoms with Crippen molar-refractivity contribution in [3.8, 4) is 0 Å². The zero-order valence-electron chi connectivity index (χ0n) is 13.9. The molecule has 0 aliphatic carbocycles. The SMILES string of the molecule is CC(NCCc1ccccc1)c1ccc(S(=O)(=O)N(C)C)cc1. The molecule has 0 amide bonds. The minimum Gasteiger partial charge on any atom is -0.310 e. The Bertz CT molecular complexity index is 710. The molecular weight excluding hydrogens is 308 g/mol. The summed E-state index contributed by atoms with van der Waals surface area (Å²) in [4.78, 5) is 0.322. The van der Waals surface area contributed by atoms with Crippen molar-refractivity contribution >= 4 is 10.0 Å². The van der Waals surface area contributed by atoms with Crippen molar-refractivity contribution < 1.29 is 8.42 Å². The van der Waals surface area contributed by atoms with Gasteiger partial charge < -0.3 is 5.32 Å². The zero-order valence-corrected chi connectivity index (χ0v) is 14.7. The lowest BCUT2D eigenvalue weighted by atomic mass is 10.1. The summed E-state index contributed by atoms with van der Waals surface area (Å²) in [5.74, 6) is 0. The minimum atomic E-state index is -3.36. The van der Waals surface area contributed by atoms with Gasteiger partial charge in [-0.1, -0.05) is 42.5 Å². The van der Waals surface area contributed by atoms with Crippen LogP contribution in [0.4, 0.5) is 0 Å². The van der Waals surface area contributed by atoms with Crippen LogP contribution in [0, 0.1) is 0 Å². The maximum absolute atomic E-state index is 12.1. The number of sulfonamides is 1. The maximum atomic E-state index is 12.1. The standard InChI is InChI=1S/C18H24N2O2S/c1-15(19-14-13-16-7-5-4-6-8-16)17-9-11-18(12-10-17)23(21,22)20(2)3/h4-12,15,19H,13-14H2,1-3H3. The van der Waals surface area contributed by atoms with Crippen LogP contribution in [0.3, 0.4) is 0 Å². The number of hydrogen-bond acceptors (Lipinski definition) is 3. The summed E-state index contributed by atoms with van der Waals surface area (Å²) in [5.41, 5.74) is 2.38. The second-order valence-electron chi connectivity index (χ2n) is 5.77. The number of nitrogens with one attached hydrogen (secondary N) is 1. The molecule has 0 radical (unpaired) electrons. The van der Waals surface area contributed by atoms with Crippen molar-refractivity contribution in [1.82, 2.24) is 9.62 Å². The van der Waals surface area contributed by atoms with E-state index in [1.807, 2.05) is 30.3 Å². The minimum absolute atomic E-state index is 0.176. The molecule has 0 aromatic heterocycles. The third-order valence-electron chi connectivity index (χ3n) is 3.87. The van der Waals surface area contributed by atoms with E-state index in [1.165, 1.54) is 24.0 Å². The molecule has 5 heteroatoms. The molecule has 1 N–H and O–H groups in total. The van der Waals surface area contributed by atoms with Crippen LogP contribution in [-0.2, 0) is 16.4 Å². The molecule has 124 valence electrons. The molecule has 1 atom stereocenters. The third-order valence-corrected chi connectivity index (χ3v) is 5.70. The van der Waals surface area contributed by atoms with Gasteiger partial charge in [-0.05, 0) is 43.1 Å². The normalized spacial score (nSPS) is 13.2. The van der Waals surface area contributed by atoms with Gasteiger partial charge >= 0.3 is 0 Å². The zero-order chi connectivity index (χ0) is 16.9. The Labute approximate surface area is 139 Å². The van der Waals surface area contributed by atoms with Gasteiger partial charge in [-0.15, -0.1) is 0 Å². The smallest absolute Gasteiger partial charge is 0.242 e. The Morgan fingerprint density at radius 3 is 2.17 bits per heavy atom. The van der Waals surface area contributed by atoms with E-state index >= 15 is 0 Å². The summed E-state index contributed by atoms with van der Waals surface area (Å²) in [5, 5.41) is 3.47. The lowest BCUT2D eigenvalue weighted by molar-refractivity contribution is 0.520. The first-order chi connectivity index (χ1) is 10.9. The van der Waals surface area contributed by atoms with Crippen LogP contribution in [0.15, 0.2) is 59.5 Å². The van der Waals surface area contributed by atoms with Gasteiger partial charge in [-0.2, -0.15) is 0 Å². The lowest BCUT2D eigenvalue weighted by Crippen LogP contribution is -2.23. The highest BCUT2D eigenvalue weighted by molar-refractivity contribution is 7.89. The van der Waals surface area contributed by atoms with Crippen LogP contribution >= 0.6 is 0 Å². The summed E-state index contributed by atoms with van der Waals surface area (Å²) < 4.78 is 25.3. The molecular formula is C18H24N2O2S. The Morgan fingerprint density at radius 2 is 1.61 bits per heavy atom. The molecule has 0 saturated heterocycles. The van der Waals surface area contributed by atoms with Crippen molar-refractivity contribution in [2.75, 3.05) is 20.6 Å². The third kappa shape index (κ3) is 4.64. The maximum Gasteiger partial charge on any atom is 0.242 e. The second-order valence-corrected chi connectivity index (χ2v) is 7.92. The van der Waals surface area contributed by atoms with Crippen LogP contribution in [-0.4, -0.2) is 33.4 Å². The van der Waals surface area contributed by atoms with Crippen LogP contribution in [0.25, 0.3) is 0 Å². The summed E-state index contributed by atoms with van der Waals surface area (Å²) in [7, 11) is -0.282. The summed E-state index contributed by atoms with van der Waals surface area (Å²) in [6, 6.07) is 17.6. The van der Waals surface area contributed by atoms with Crippen molar-refractivity contribution in [3.63, 3.8) is 0 Å². The van der Waals surface area contributed by atoms with E-state index in [2.05, 4.69) is 24.4 Å². The van der Waals surface area contributed by atoms with Crippen LogP contribution in [0.5, 0.6) is 0 Å². The highest BCUT2D eigenvalue weighted by atomic mass is 32.2. The van der Waals surface area contributed by atoms with Gasteiger partial charge in [-0.3, -0.25) is 0 Å². The van der Waals surface area contributed by atoms with Crippen LogP contribution < -0.4 is 5.32 Å². The van der Waals surface area contributed by atoms with Gasteiger partial charge in [-0.25, -0.2) is 12.7 Å².